The highest BCUT2D eigenvalue weighted by Crippen LogP contribution is 2.05. The summed E-state index contributed by atoms with van der Waals surface area (Å²) in [4.78, 5) is 30.8. The molecule has 0 aromatic carbocycles. The van der Waals surface area contributed by atoms with Crippen molar-refractivity contribution in [3.05, 3.63) is 33.2 Å². The predicted molar refractivity (Wildman–Crippen MR) is 68.0 cm³/mol. The molecule has 0 atom stereocenters. The second kappa shape index (κ2) is 6.62. The number of aromatic nitrogens is 1. The topological polar surface area (TPSA) is 71.2 Å². The lowest BCUT2D eigenvalue weighted by atomic mass is 10.1. The highest BCUT2D eigenvalue weighted by atomic mass is 16.6. The zero-order chi connectivity index (χ0) is 13.5. The Hall–Kier alpha value is -2.06. The maximum Gasteiger partial charge on any atom is 0.280 e. The molecular weight excluding hydrogens is 232 g/mol. The van der Waals surface area contributed by atoms with Crippen LogP contribution in [-0.2, 0) is 11.3 Å². The Bertz CT molecular complexity index is 550. The lowest BCUT2D eigenvalue weighted by molar-refractivity contribution is 0.0436. The maximum atomic E-state index is 11.7. The van der Waals surface area contributed by atoms with Crippen molar-refractivity contribution in [2.24, 2.45) is 0 Å². The first kappa shape index (κ1) is 14.0. The first-order chi connectivity index (χ1) is 8.60. The van der Waals surface area contributed by atoms with E-state index in [1.165, 1.54) is 0 Å². The molecule has 2 N–H and O–H groups in total. The zero-order valence-corrected chi connectivity index (χ0v) is 10.7. The van der Waals surface area contributed by atoms with Crippen LogP contribution in [-0.4, -0.2) is 17.5 Å². The summed E-state index contributed by atoms with van der Waals surface area (Å²) in [6, 6.07) is 1.58. The van der Waals surface area contributed by atoms with Crippen LogP contribution in [0.15, 0.2) is 10.9 Å². The van der Waals surface area contributed by atoms with Crippen LogP contribution in [0.2, 0.25) is 0 Å². The molecule has 1 aromatic rings. The van der Waals surface area contributed by atoms with Gasteiger partial charge in [0.2, 0.25) is 0 Å². The molecule has 1 heterocycles. The van der Waals surface area contributed by atoms with Crippen molar-refractivity contribution in [2.75, 3.05) is 6.61 Å². The Kier molecular flexibility index (Phi) is 5.15. The monoisotopic (exact) mass is 248 g/mol. The van der Waals surface area contributed by atoms with Crippen LogP contribution in [0.5, 0.6) is 0 Å². The molecule has 0 saturated heterocycles. The largest absolute Gasteiger partial charge is 0.326 e. The third-order valence-corrected chi connectivity index (χ3v) is 2.46. The molecule has 0 bridgehead atoms. The van der Waals surface area contributed by atoms with E-state index in [1.54, 1.807) is 19.9 Å². The van der Waals surface area contributed by atoms with Crippen LogP contribution in [0.25, 0.3) is 0 Å². The molecule has 18 heavy (non-hydrogen) atoms. The molecule has 0 aliphatic carbocycles. The third kappa shape index (κ3) is 3.47. The van der Waals surface area contributed by atoms with Gasteiger partial charge in [0, 0.05) is 5.69 Å². The number of aryl methyl sites for hydroxylation is 2. The zero-order valence-electron chi connectivity index (χ0n) is 10.7. The second-order valence-electron chi connectivity index (χ2n) is 3.66. The summed E-state index contributed by atoms with van der Waals surface area (Å²) in [5, 5.41) is 0. The molecule has 96 valence electrons. The number of H-pyrrole nitrogens is 1. The van der Waals surface area contributed by atoms with E-state index >= 15 is 0 Å². The Balaban J connectivity index is 2.84. The maximum absolute atomic E-state index is 11.7. The summed E-state index contributed by atoms with van der Waals surface area (Å²) >= 11 is 0. The summed E-state index contributed by atoms with van der Waals surface area (Å²) in [5.41, 5.74) is 3.50. The average Bonchev–Trinajstić information content (AvgIpc) is 2.34. The standard InChI is InChI=1S/C13H16N2O3/c1-4-6-7-18-15-13(17)11-8-10(5-2)9(3)14-12(11)16/h8H,5,7H2,1-3H3,(H,14,16)(H,15,17). The van der Waals surface area contributed by atoms with Crippen LogP contribution in [0.3, 0.4) is 0 Å². The average molecular weight is 248 g/mol. The molecule has 0 aliphatic heterocycles. The first-order valence-electron chi connectivity index (χ1n) is 5.64. The van der Waals surface area contributed by atoms with Crippen molar-refractivity contribution in [1.29, 1.82) is 0 Å². The molecule has 1 rings (SSSR count). The van der Waals surface area contributed by atoms with E-state index in [0.717, 1.165) is 17.7 Å². The Morgan fingerprint density at radius 2 is 2.28 bits per heavy atom. The fourth-order valence-corrected chi connectivity index (χ4v) is 1.47. The van der Waals surface area contributed by atoms with Crippen molar-refractivity contribution in [3.63, 3.8) is 0 Å². The molecule has 1 aromatic heterocycles. The lowest BCUT2D eigenvalue weighted by Gasteiger charge is -2.06. The van der Waals surface area contributed by atoms with E-state index in [1.807, 2.05) is 6.92 Å². The third-order valence-electron chi connectivity index (χ3n) is 2.46. The van der Waals surface area contributed by atoms with Gasteiger partial charge in [0.05, 0.1) is 0 Å². The van der Waals surface area contributed by atoms with Gasteiger partial charge in [-0.05, 0) is 31.9 Å². The van der Waals surface area contributed by atoms with E-state index in [2.05, 4.69) is 22.3 Å². The Labute approximate surface area is 106 Å². The van der Waals surface area contributed by atoms with E-state index in [4.69, 9.17) is 4.84 Å². The highest BCUT2D eigenvalue weighted by Gasteiger charge is 2.12. The van der Waals surface area contributed by atoms with Gasteiger partial charge < -0.3 is 4.98 Å². The van der Waals surface area contributed by atoms with Crippen molar-refractivity contribution in [1.82, 2.24) is 10.5 Å². The molecule has 0 spiro atoms. The van der Waals surface area contributed by atoms with Gasteiger partial charge in [0.15, 0.2) is 0 Å². The number of rotatable bonds is 4. The van der Waals surface area contributed by atoms with E-state index in [9.17, 15) is 9.59 Å². The number of carbonyl (C=O) groups excluding carboxylic acids is 1. The number of aromatic amines is 1. The van der Waals surface area contributed by atoms with Gasteiger partial charge in [-0.15, -0.1) is 5.92 Å². The van der Waals surface area contributed by atoms with Crippen molar-refractivity contribution in [3.8, 4) is 11.8 Å². The first-order valence-corrected chi connectivity index (χ1v) is 5.64. The predicted octanol–water partition coefficient (Wildman–Crippen LogP) is 0.930. The SMILES string of the molecule is CC#CCONC(=O)c1cc(CC)c(C)[nH]c1=O. The van der Waals surface area contributed by atoms with Crippen LogP contribution in [0, 0.1) is 18.8 Å². The van der Waals surface area contributed by atoms with Crippen molar-refractivity contribution >= 4 is 5.91 Å². The highest BCUT2D eigenvalue weighted by molar-refractivity contribution is 5.93. The molecule has 1 amide bonds. The molecule has 5 heteroatoms. The Morgan fingerprint density at radius 1 is 1.56 bits per heavy atom. The van der Waals surface area contributed by atoms with Gasteiger partial charge in [-0.1, -0.05) is 12.8 Å². The lowest BCUT2D eigenvalue weighted by Crippen LogP contribution is -2.30. The van der Waals surface area contributed by atoms with E-state index in [0.29, 0.717) is 0 Å². The second-order valence-corrected chi connectivity index (χ2v) is 3.66. The normalized spacial score (nSPS) is 9.50. The van der Waals surface area contributed by atoms with Gasteiger partial charge in [-0.2, -0.15) is 0 Å². The minimum atomic E-state index is -0.566. The molecule has 0 aliphatic rings. The van der Waals surface area contributed by atoms with Crippen LogP contribution in [0.4, 0.5) is 0 Å². The van der Waals surface area contributed by atoms with Gasteiger partial charge in [-0.3, -0.25) is 14.4 Å². The van der Waals surface area contributed by atoms with Gasteiger partial charge in [0.25, 0.3) is 11.5 Å². The number of hydroxylamine groups is 1. The molecule has 0 saturated carbocycles. The van der Waals surface area contributed by atoms with Crippen molar-refractivity contribution < 1.29 is 9.63 Å². The van der Waals surface area contributed by atoms with Crippen molar-refractivity contribution in [2.45, 2.75) is 27.2 Å². The molecule has 0 radical (unpaired) electrons. The molecular formula is C13H16N2O3. The van der Waals surface area contributed by atoms with Crippen LogP contribution >= 0.6 is 0 Å². The molecule has 0 fully saturated rings. The van der Waals surface area contributed by atoms with Crippen LogP contribution < -0.4 is 11.0 Å². The van der Waals surface area contributed by atoms with Gasteiger partial charge in [0.1, 0.15) is 12.2 Å². The van der Waals surface area contributed by atoms with Gasteiger partial charge in [-0.25, -0.2) is 5.48 Å². The number of nitrogens with one attached hydrogen (secondary N) is 2. The summed E-state index contributed by atoms with van der Waals surface area (Å²) in [6.07, 6.45) is 0.741. The fraction of sp³-hybridized carbons (Fsp3) is 0.385. The van der Waals surface area contributed by atoms with Crippen LogP contribution in [0.1, 0.15) is 35.5 Å². The fourth-order valence-electron chi connectivity index (χ4n) is 1.47. The number of pyridine rings is 1. The number of hydrogen-bond acceptors (Lipinski definition) is 3. The van der Waals surface area contributed by atoms with E-state index in [-0.39, 0.29) is 12.2 Å². The molecule has 0 unspecified atom stereocenters. The summed E-state index contributed by atoms with van der Waals surface area (Å²) in [7, 11) is 0. The minimum absolute atomic E-state index is 0.0434. The smallest absolute Gasteiger partial charge is 0.280 e. The number of amides is 1. The summed E-state index contributed by atoms with van der Waals surface area (Å²) in [6.45, 7) is 5.51. The quantitative estimate of drug-likeness (QED) is 0.473. The molecule has 5 nitrogen and oxygen atoms in total. The van der Waals surface area contributed by atoms with E-state index < -0.39 is 11.5 Å². The van der Waals surface area contributed by atoms with Gasteiger partial charge >= 0.3 is 0 Å². The Morgan fingerprint density at radius 3 is 2.89 bits per heavy atom. The number of hydrogen-bond donors (Lipinski definition) is 2. The number of carbonyl (C=O) groups is 1. The summed E-state index contributed by atoms with van der Waals surface area (Å²) in [5.74, 6) is 4.69. The summed E-state index contributed by atoms with van der Waals surface area (Å²) < 4.78 is 0. The minimum Gasteiger partial charge on any atom is -0.326 e.